The topological polar surface area (TPSA) is 42.4 Å². The molecule has 7 heteroatoms. The predicted molar refractivity (Wildman–Crippen MR) is 69.9 cm³/mol. The number of ether oxygens (including phenoxy) is 1. The molecule has 0 aromatic carbocycles. The summed E-state index contributed by atoms with van der Waals surface area (Å²) in [7, 11) is 0. The van der Waals surface area contributed by atoms with Crippen molar-refractivity contribution in [1.82, 2.24) is 9.88 Å². The second-order valence-electron chi connectivity index (χ2n) is 4.94. The number of rotatable bonds is 3. The molecule has 1 aliphatic rings. The molecule has 1 amide bonds. The molecule has 2 heterocycles. The minimum absolute atomic E-state index is 0.108. The number of hydrogen-bond acceptors (Lipinski definition) is 3. The predicted octanol–water partition coefficient (Wildman–Crippen LogP) is 2.44. The molecule has 1 aromatic heterocycles. The normalized spacial score (nSPS) is 19.6. The van der Waals surface area contributed by atoms with Crippen molar-refractivity contribution in [3.63, 3.8) is 0 Å². The van der Waals surface area contributed by atoms with E-state index >= 15 is 0 Å². The summed E-state index contributed by atoms with van der Waals surface area (Å²) in [6, 6.07) is 3.17. The Balaban J connectivity index is 2.10. The summed E-state index contributed by atoms with van der Waals surface area (Å²) < 4.78 is 42.7. The average molecular weight is 302 g/mol. The molecule has 0 aliphatic carbocycles. The van der Waals surface area contributed by atoms with Crippen LogP contribution in [0.4, 0.5) is 13.2 Å². The van der Waals surface area contributed by atoms with Crippen molar-refractivity contribution in [2.24, 2.45) is 0 Å². The van der Waals surface area contributed by atoms with Crippen molar-refractivity contribution >= 4 is 5.91 Å². The molecule has 21 heavy (non-hydrogen) atoms. The molecule has 4 nitrogen and oxygen atoms in total. The highest BCUT2D eigenvalue weighted by Gasteiger charge is 2.44. The molecule has 0 bridgehead atoms. The van der Waals surface area contributed by atoms with Crippen LogP contribution in [-0.2, 0) is 11.2 Å². The monoisotopic (exact) mass is 302 g/mol. The number of aromatic nitrogens is 1. The third kappa shape index (κ3) is 3.93. The lowest BCUT2D eigenvalue weighted by atomic mass is 10.1. The summed E-state index contributed by atoms with van der Waals surface area (Å²) in [5.41, 5.74) is 1.14. The molecule has 2 rings (SSSR count). The maximum Gasteiger partial charge on any atom is 0.416 e. The first-order chi connectivity index (χ1) is 9.91. The number of pyridine rings is 1. The van der Waals surface area contributed by atoms with Gasteiger partial charge in [-0.25, -0.2) is 0 Å². The summed E-state index contributed by atoms with van der Waals surface area (Å²) in [5.74, 6) is -0.410. The number of halogens is 3. The van der Waals surface area contributed by atoms with Crippen molar-refractivity contribution < 1.29 is 22.7 Å². The summed E-state index contributed by atoms with van der Waals surface area (Å²) >= 11 is 0. The molecule has 0 saturated carbocycles. The molecule has 1 saturated heterocycles. The van der Waals surface area contributed by atoms with E-state index < -0.39 is 24.7 Å². The van der Waals surface area contributed by atoms with E-state index in [1.54, 1.807) is 6.07 Å². The summed E-state index contributed by atoms with van der Waals surface area (Å²) in [5, 5.41) is 0. The Morgan fingerprint density at radius 2 is 2.29 bits per heavy atom. The number of morpholine rings is 1. The molecule has 0 spiro atoms. The third-order valence-electron chi connectivity index (χ3n) is 3.29. The highest BCUT2D eigenvalue weighted by molar-refractivity contribution is 5.94. The first-order valence-electron chi connectivity index (χ1n) is 6.84. The van der Waals surface area contributed by atoms with Crippen molar-refractivity contribution in [1.29, 1.82) is 0 Å². The van der Waals surface area contributed by atoms with Crippen LogP contribution >= 0.6 is 0 Å². The SMILES string of the molecule is CCCc1cc(C(=O)N2CCOC(C(F)(F)F)C2)ccn1. The second kappa shape index (κ2) is 6.43. The second-order valence-corrected chi connectivity index (χ2v) is 4.94. The number of carbonyl (C=O) groups is 1. The molecule has 0 N–H and O–H groups in total. The van der Waals surface area contributed by atoms with Gasteiger partial charge in [0.1, 0.15) is 0 Å². The van der Waals surface area contributed by atoms with E-state index in [9.17, 15) is 18.0 Å². The van der Waals surface area contributed by atoms with Crippen LogP contribution in [0.1, 0.15) is 29.4 Å². The van der Waals surface area contributed by atoms with Gasteiger partial charge < -0.3 is 9.64 Å². The third-order valence-corrected chi connectivity index (χ3v) is 3.29. The van der Waals surface area contributed by atoms with E-state index in [1.807, 2.05) is 6.92 Å². The smallest absolute Gasteiger partial charge is 0.365 e. The van der Waals surface area contributed by atoms with Gasteiger partial charge in [-0.1, -0.05) is 13.3 Å². The quantitative estimate of drug-likeness (QED) is 0.861. The van der Waals surface area contributed by atoms with Crippen LogP contribution in [0.15, 0.2) is 18.3 Å². The Morgan fingerprint density at radius 3 is 2.95 bits per heavy atom. The lowest BCUT2D eigenvalue weighted by molar-refractivity contribution is -0.233. The van der Waals surface area contributed by atoms with Gasteiger partial charge >= 0.3 is 6.18 Å². The van der Waals surface area contributed by atoms with Gasteiger partial charge in [-0.15, -0.1) is 0 Å². The van der Waals surface area contributed by atoms with Gasteiger partial charge in [0.05, 0.1) is 13.2 Å². The lowest BCUT2D eigenvalue weighted by Crippen LogP contribution is -2.51. The number of amides is 1. The van der Waals surface area contributed by atoms with Gasteiger partial charge in [-0.3, -0.25) is 9.78 Å². The standard InChI is InChI=1S/C14H17F3N2O2/c1-2-3-11-8-10(4-5-18-11)13(20)19-6-7-21-12(9-19)14(15,16)17/h4-5,8,12H,2-3,6-7,9H2,1H3. The van der Waals surface area contributed by atoms with Crippen LogP contribution in [-0.4, -0.2) is 47.8 Å². The highest BCUT2D eigenvalue weighted by atomic mass is 19.4. The number of alkyl halides is 3. The van der Waals surface area contributed by atoms with E-state index in [1.165, 1.54) is 17.2 Å². The van der Waals surface area contributed by atoms with Crippen molar-refractivity contribution in [2.75, 3.05) is 19.7 Å². The van der Waals surface area contributed by atoms with E-state index in [-0.39, 0.29) is 13.2 Å². The number of nitrogens with zero attached hydrogens (tertiary/aromatic N) is 2. The molecular weight excluding hydrogens is 285 g/mol. The molecule has 1 fully saturated rings. The van der Waals surface area contributed by atoms with Gasteiger partial charge in [0.25, 0.3) is 5.91 Å². The fourth-order valence-corrected chi connectivity index (χ4v) is 2.22. The van der Waals surface area contributed by atoms with Gasteiger partial charge in [0.2, 0.25) is 0 Å². The van der Waals surface area contributed by atoms with Gasteiger partial charge in [0, 0.05) is 24.0 Å². The van der Waals surface area contributed by atoms with Crippen LogP contribution in [0, 0.1) is 0 Å². The fraction of sp³-hybridized carbons (Fsp3) is 0.571. The first kappa shape index (κ1) is 15.8. The van der Waals surface area contributed by atoms with Crippen LogP contribution in [0.25, 0.3) is 0 Å². The fourth-order valence-electron chi connectivity index (χ4n) is 2.22. The zero-order valence-corrected chi connectivity index (χ0v) is 11.7. The zero-order valence-electron chi connectivity index (χ0n) is 11.7. The largest absolute Gasteiger partial charge is 0.416 e. The van der Waals surface area contributed by atoms with E-state index in [0.717, 1.165) is 18.5 Å². The van der Waals surface area contributed by atoms with Crippen LogP contribution in [0.2, 0.25) is 0 Å². The lowest BCUT2D eigenvalue weighted by Gasteiger charge is -2.33. The Kier molecular flexibility index (Phi) is 4.82. The molecule has 1 unspecified atom stereocenters. The van der Waals surface area contributed by atoms with Crippen molar-refractivity contribution in [2.45, 2.75) is 32.0 Å². The minimum atomic E-state index is -4.45. The minimum Gasteiger partial charge on any atom is -0.365 e. The number of hydrogen-bond donors (Lipinski definition) is 0. The Hall–Kier alpha value is -1.63. The van der Waals surface area contributed by atoms with E-state index in [4.69, 9.17) is 0 Å². The van der Waals surface area contributed by atoms with E-state index in [0.29, 0.717) is 5.56 Å². The summed E-state index contributed by atoms with van der Waals surface area (Å²) in [6.07, 6.45) is -3.23. The maximum atomic E-state index is 12.7. The maximum absolute atomic E-state index is 12.7. The van der Waals surface area contributed by atoms with Gasteiger partial charge in [0.15, 0.2) is 6.10 Å². The molecule has 1 aliphatic heterocycles. The summed E-state index contributed by atoms with van der Waals surface area (Å²) in [4.78, 5) is 17.6. The Morgan fingerprint density at radius 1 is 1.52 bits per heavy atom. The van der Waals surface area contributed by atoms with E-state index in [2.05, 4.69) is 9.72 Å². The Bertz CT molecular complexity index is 505. The summed E-state index contributed by atoms with van der Waals surface area (Å²) in [6.45, 7) is 1.58. The Labute approximate surface area is 120 Å². The van der Waals surface area contributed by atoms with Gasteiger partial charge in [-0.2, -0.15) is 13.2 Å². The average Bonchev–Trinajstić information content (AvgIpc) is 2.46. The first-order valence-corrected chi connectivity index (χ1v) is 6.84. The van der Waals surface area contributed by atoms with Crippen LogP contribution in [0.3, 0.4) is 0 Å². The molecule has 1 aromatic rings. The van der Waals surface area contributed by atoms with Crippen LogP contribution < -0.4 is 0 Å². The molecule has 1 atom stereocenters. The number of carbonyl (C=O) groups excluding carboxylic acids is 1. The molecule has 116 valence electrons. The van der Waals surface area contributed by atoms with Gasteiger partial charge in [-0.05, 0) is 18.6 Å². The van der Waals surface area contributed by atoms with Crippen molar-refractivity contribution in [3.8, 4) is 0 Å². The molecular formula is C14H17F3N2O2. The number of aryl methyl sites for hydroxylation is 1. The highest BCUT2D eigenvalue weighted by Crippen LogP contribution is 2.26. The zero-order chi connectivity index (χ0) is 15.5. The van der Waals surface area contributed by atoms with Crippen molar-refractivity contribution in [3.05, 3.63) is 29.6 Å². The van der Waals surface area contributed by atoms with Crippen LogP contribution in [0.5, 0.6) is 0 Å². The molecule has 0 radical (unpaired) electrons.